The zero-order valence-corrected chi connectivity index (χ0v) is 13.7. The van der Waals surface area contributed by atoms with Gasteiger partial charge >= 0.3 is 0 Å². The smallest absolute Gasteiger partial charge is 0.198 e. The lowest BCUT2D eigenvalue weighted by Gasteiger charge is -2.22. The molecule has 116 valence electrons. The molecule has 0 saturated heterocycles. The molecule has 0 unspecified atom stereocenters. The van der Waals surface area contributed by atoms with E-state index in [2.05, 4.69) is 24.9 Å². The Morgan fingerprint density at radius 1 is 1.17 bits per heavy atom. The van der Waals surface area contributed by atoms with Crippen LogP contribution in [0.15, 0.2) is 52.4 Å². The Labute approximate surface area is 138 Å². The molecule has 0 spiro atoms. The maximum atomic E-state index is 10.5. The molecule has 1 aliphatic rings. The molecule has 3 aromatic rings. The number of rotatable bonds is 2. The first-order valence-corrected chi connectivity index (χ1v) is 8.31. The van der Waals surface area contributed by atoms with E-state index in [-0.39, 0.29) is 11.3 Å². The summed E-state index contributed by atoms with van der Waals surface area (Å²) in [5.41, 5.74) is 4.39. The predicted octanol–water partition coefficient (Wildman–Crippen LogP) is 4.25. The molecule has 23 heavy (non-hydrogen) atoms. The Balaban J connectivity index is 1.99. The second kappa shape index (κ2) is 4.88. The summed E-state index contributed by atoms with van der Waals surface area (Å²) in [6, 6.07) is 14.0. The summed E-state index contributed by atoms with van der Waals surface area (Å²) >= 11 is 1.20. The van der Waals surface area contributed by atoms with Crippen LogP contribution in [0.25, 0.3) is 10.9 Å². The highest BCUT2D eigenvalue weighted by molar-refractivity contribution is 7.97. The molecular weight excluding hydrogens is 306 g/mol. The van der Waals surface area contributed by atoms with Crippen LogP contribution in [0, 0.1) is 0 Å². The summed E-state index contributed by atoms with van der Waals surface area (Å²) < 4.78 is 0. The van der Waals surface area contributed by atoms with Crippen LogP contribution in [-0.4, -0.2) is 15.8 Å². The first-order chi connectivity index (χ1) is 11.0. The van der Waals surface area contributed by atoms with E-state index in [0.717, 1.165) is 32.8 Å². The minimum atomic E-state index is -0.269. The van der Waals surface area contributed by atoms with Crippen molar-refractivity contribution in [2.75, 3.05) is 0 Å². The quantitative estimate of drug-likeness (QED) is 0.617. The van der Waals surface area contributed by atoms with Gasteiger partial charge < -0.3 is 10.1 Å². The highest BCUT2D eigenvalue weighted by Crippen LogP contribution is 2.45. The average Bonchev–Trinajstić information content (AvgIpc) is 3.00. The molecule has 1 aromatic heterocycles. The standard InChI is InChI=1S/C18H17N3OS/c1-18(2)12-5-3-4-6-14(12)20-16(18)15-11-9-10(23-19)7-8-13(11)21-17(15)22/h3-9,21-22H,19H2,1-2H3. The molecule has 0 fully saturated rings. The fourth-order valence-electron chi connectivity index (χ4n) is 3.33. The molecule has 0 atom stereocenters. The van der Waals surface area contributed by atoms with Crippen LogP contribution in [0.5, 0.6) is 5.88 Å². The maximum Gasteiger partial charge on any atom is 0.198 e. The van der Waals surface area contributed by atoms with Crippen LogP contribution in [0.4, 0.5) is 5.69 Å². The van der Waals surface area contributed by atoms with Crippen LogP contribution in [0.2, 0.25) is 0 Å². The number of aliphatic imine (C=N–C) groups is 1. The third kappa shape index (κ3) is 2.00. The van der Waals surface area contributed by atoms with Gasteiger partial charge in [-0.15, -0.1) is 0 Å². The monoisotopic (exact) mass is 323 g/mol. The maximum absolute atomic E-state index is 10.5. The van der Waals surface area contributed by atoms with Crippen molar-refractivity contribution in [3.8, 4) is 5.88 Å². The number of nitrogens with one attached hydrogen (secondary N) is 1. The van der Waals surface area contributed by atoms with Crippen molar-refractivity contribution in [2.24, 2.45) is 10.1 Å². The van der Waals surface area contributed by atoms with Crippen LogP contribution in [-0.2, 0) is 5.41 Å². The third-order valence-corrected chi connectivity index (χ3v) is 5.05. The molecule has 0 radical (unpaired) electrons. The van der Waals surface area contributed by atoms with Gasteiger partial charge in [0.1, 0.15) is 0 Å². The van der Waals surface area contributed by atoms with Crippen LogP contribution < -0.4 is 5.14 Å². The summed E-state index contributed by atoms with van der Waals surface area (Å²) in [5, 5.41) is 17.1. The van der Waals surface area contributed by atoms with Crippen molar-refractivity contribution in [1.29, 1.82) is 0 Å². The third-order valence-electron chi connectivity index (χ3n) is 4.52. The minimum absolute atomic E-state index is 0.152. The van der Waals surface area contributed by atoms with Gasteiger partial charge in [0.2, 0.25) is 0 Å². The summed E-state index contributed by atoms with van der Waals surface area (Å²) in [4.78, 5) is 8.81. The normalized spacial score (nSPS) is 15.7. The molecule has 4 N–H and O–H groups in total. The number of fused-ring (bicyclic) bond motifs is 2. The van der Waals surface area contributed by atoms with E-state index in [1.807, 2.05) is 36.4 Å². The zero-order valence-electron chi connectivity index (χ0n) is 12.9. The van der Waals surface area contributed by atoms with Crippen molar-refractivity contribution >= 4 is 34.2 Å². The topological polar surface area (TPSA) is 74.4 Å². The molecule has 1 aliphatic heterocycles. The average molecular weight is 323 g/mol. The van der Waals surface area contributed by atoms with Gasteiger partial charge in [0.15, 0.2) is 5.88 Å². The summed E-state index contributed by atoms with van der Waals surface area (Å²) in [5.74, 6) is 0.152. The second-order valence-corrected chi connectivity index (χ2v) is 6.98. The summed E-state index contributed by atoms with van der Waals surface area (Å²) in [6.45, 7) is 4.27. The van der Waals surface area contributed by atoms with Gasteiger partial charge in [-0.25, -0.2) is 0 Å². The Morgan fingerprint density at radius 3 is 2.70 bits per heavy atom. The van der Waals surface area contributed by atoms with Gasteiger partial charge in [-0.3, -0.25) is 10.1 Å². The minimum Gasteiger partial charge on any atom is -0.494 e. The molecule has 4 nitrogen and oxygen atoms in total. The number of nitrogens with zero attached hydrogens (tertiary/aromatic N) is 1. The number of hydrogen-bond acceptors (Lipinski definition) is 4. The lowest BCUT2D eigenvalue weighted by Crippen LogP contribution is -2.26. The molecular formula is C18H17N3OS. The molecule has 0 bridgehead atoms. The van der Waals surface area contributed by atoms with Crippen molar-refractivity contribution in [2.45, 2.75) is 24.2 Å². The first-order valence-electron chi connectivity index (χ1n) is 7.43. The Hall–Kier alpha value is -2.24. The number of para-hydroxylation sites is 1. The Bertz CT molecular complexity index is 956. The van der Waals surface area contributed by atoms with E-state index < -0.39 is 0 Å². The lowest BCUT2D eigenvalue weighted by molar-refractivity contribution is 0.456. The number of aromatic amines is 1. The second-order valence-electron chi connectivity index (χ2n) is 6.28. The number of H-pyrrole nitrogens is 1. The highest BCUT2D eigenvalue weighted by atomic mass is 32.2. The Morgan fingerprint density at radius 2 is 1.96 bits per heavy atom. The van der Waals surface area contributed by atoms with Gasteiger partial charge in [-0.2, -0.15) is 0 Å². The fourth-order valence-corrected chi connectivity index (χ4v) is 3.66. The van der Waals surface area contributed by atoms with Gasteiger partial charge in [0.05, 0.1) is 17.0 Å². The molecule has 4 rings (SSSR count). The molecule has 2 heterocycles. The fraction of sp³-hybridized carbons (Fsp3) is 0.167. The van der Waals surface area contributed by atoms with Gasteiger partial charge in [0, 0.05) is 21.2 Å². The lowest BCUT2D eigenvalue weighted by atomic mass is 9.79. The van der Waals surface area contributed by atoms with Gasteiger partial charge in [0.25, 0.3) is 0 Å². The van der Waals surface area contributed by atoms with Crippen molar-refractivity contribution in [1.82, 2.24) is 4.98 Å². The number of aromatic nitrogens is 1. The van der Waals surface area contributed by atoms with E-state index in [4.69, 9.17) is 10.1 Å². The highest BCUT2D eigenvalue weighted by Gasteiger charge is 2.38. The van der Waals surface area contributed by atoms with Crippen LogP contribution in [0.1, 0.15) is 25.0 Å². The van der Waals surface area contributed by atoms with E-state index >= 15 is 0 Å². The summed E-state index contributed by atoms with van der Waals surface area (Å²) in [6.07, 6.45) is 0. The van der Waals surface area contributed by atoms with Crippen molar-refractivity contribution in [3.63, 3.8) is 0 Å². The van der Waals surface area contributed by atoms with Crippen molar-refractivity contribution < 1.29 is 5.11 Å². The first kappa shape index (κ1) is 14.4. The van der Waals surface area contributed by atoms with E-state index in [1.54, 1.807) is 0 Å². The summed E-state index contributed by atoms with van der Waals surface area (Å²) in [7, 11) is 0. The Kier molecular flexibility index (Phi) is 3.04. The molecule has 0 amide bonds. The van der Waals surface area contributed by atoms with Crippen molar-refractivity contribution in [3.05, 3.63) is 53.6 Å². The molecule has 2 aromatic carbocycles. The number of nitrogens with two attached hydrogens (primary N) is 1. The molecule has 0 aliphatic carbocycles. The molecule has 5 heteroatoms. The van der Waals surface area contributed by atoms with E-state index in [0.29, 0.717) is 0 Å². The predicted molar refractivity (Wildman–Crippen MR) is 95.7 cm³/mol. The number of benzene rings is 2. The number of aromatic hydroxyl groups is 1. The van der Waals surface area contributed by atoms with E-state index in [9.17, 15) is 5.11 Å². The number of hydrogen-bond donors (Lipinski definition) is 3. The largest absolute Gasteiger partial charge is 0.494 e. The SMILES string of the molecule is CC1(C)C(c2c(O)[nH]c3ccc(SN)cc23)=Nc2ccccc21. The molecule has 0 saturated carbocycles. The van der Waals surface area contributed by atoms with Crippen LogP contribution in [0.3, 0.4) is 0 Å². The van der Waals surface area contributed by atoms with Crippen LogP contribution >= 0.6 is 11.9 Å². The zero-order chi connectivity index (χ0) is 16.2. The van der Waals surface area contributed by atoms with E-state index in [1.165, 1.54) is 17.5 Å². The van der Waals surface area contributed by atoms with Gasteiger partial charge in [-0.1, -0.05) is 32.0 Å². The van der Waals surface area contributed by atoms with Gasteiger partial charge in [-0.05, 0) is 41.8 Å².